The van der Waals surface area contributed by atoms with E-state index in [0.717, 1.165) is 0 Å². The number of carbonyl (C=O) groups is 1. The van der Waals surface area contributed by atoms with Gasteiger partial charge < -0.3 is 5.73 Å². The molecule has 0 heterocycles. The molecule has 2 N–H and O–H groups in total. The highest BCUT2D eigenvalue weighted by molar-refractivity contribution is 6.31. The standard InChI is InChI=1S/C12H14ClNO/c13-10-6-2-1-5-9(10)12(14)8-4-3-7-11(12)15/h1-2,5-6H,3-4,7-8,14H2/i8D2. The molecule has 1 aromatic carbocycles. The van der Waals surface area contributed by atoms with Gasteiger partial charge >= 0.3 is 0 Å². The van der Waals surface area contributed by atoms with Gasteiger partial charge in [0.05, 0.1) is 0 Å². The number of hydrogen-bond acceptors (Lipinski definition) is 2. The van der Waals surface area contributed by atoms with Gasteiger partial charge in [0, 0.05) is 14.2 Å². The molecule has 3 heteroatoms. The Morgan fingerprint density at radius 2 is 2.13 bits per heavy atom. The lowest BCUT2D eigenvalue weighted by molar-refractivity contribution is -0.126. The average molecular weight is 226 g/mol. The molecule has 15 heavy (non-hydrogen) atoms. The van der Waals surface area contributed by atoms with Gasteiger partial charge in [0.15, 0.2) is 5.78 Å². The maximum atomic E-state index is 12.1. The highest BCUT2D eigenvalue weighted by Gasteiger charge is 2.38. The maximum absolute atomic E-state index is 12.1. The van der Waals surface area contributed by atoms with E-state index in [2.05, 4.69) is 0 Å². The van der Waals surface area contributed by atoms with E-state index < -0.39 is 11.9 Å². The Morgan fingerprint density at radius 1 is 1.40 bits per heavy atom. The van der Waals surface area contributed by atoms with Gasteiger partial charge in [-0.3, -0.25) is 4.79 Å². The highest BCUT2D eigenvalue weighted by atomic mass is 35.5. The largest absolute Gasteiger partial charge is 0.315 e. The summed E-state index contributed by atoms with van der Waals surface area (Å²) in [4.78, 5) is 12.1. The van der Waals surface area contributed by atoms with Crippen LogP contribution in [0.25, 0.3) is 0 Å². The normalized spacial score (nSPS) is 32.0. The van der Waals surface area contributed by atoms with Crippen molar-refractivity contribution in [2.24, 2.45) is 5.73 Å². The third-order valence-corrected chi connectivity index (χ3v) is 3.05. The summed E-state index contributed by atoms with van der Waals surface area (Å²) in [5, 5.41) is 0.342. The molecule has 1 aromatic rings. The van der Waals surface area contributed by atoms with Crippen LogP contribution < -0.4 is 5.73 Å². The van der Waals surface area contributed by atoms with Crippen molar-refractivity contribution in [3.05, 3.63) is 34.9 Å². The topological polar surface area (TPSA) is 43.1 Å². The zero-order valence-electron chi connectivity index (χ0n) is 10.3. The van der Waals surface area contributed by atoms with E-state index in [4.69, 9.17) is 20.1 Å². The number of Topliss-reactive ketones (excluding diaryl/α,β-unsaturated/α-hetero) is 1. The minimum absolute atomic E-state index is 0.276. The number of ketones is 1. The average Bonchev–Trinajstić information content (AvgIpc) is 2.26. The first-order valence-electron chi connectivity index (χ1n) is 5.97. The fraction of sp³-hybridized carbons (Fsp3) is 0.417. The first-order valence-corrected chi connectivity index (χ1v) is 5.34. The molecule has 1 aliphatic carbocycles. The van der Waals surface area contributed by atoms with Crippen molar-refractivity contribution < 1.29 is 7.54 Å². The summed E-state index contributed by atoms with van der Waals surface area (Å²) < 4.78 is 16.0. The molecule has 0 saturated heterocycles. The summed E-state index contributed by atoms with van der Waals surface area (Å²) in [5.74, 6) is -0.276. The van der Waals surface area contributed by atoms with E-state index in [1.807, 2.05) is 0 Å². The number of halogens is 1. The van der Waals surface area contributed by atoms with Crippen LogP contribution in [0.4, 0.5) is 0 Å². The van der Waals surface area contributed by atoms with E-state index in [9.17, 15) is 4.79 Å². The minimum atomic E-state index is -1.76. The van der Waals surface area contributed by atoms with Crippen molar-refractivity contribution in [1.29, 1.82) is 0 Å². The van der Waals surface area contributed by atoms with Crippen LogP contribution in [0.5, 0.6) is 0 Å². The lowest BCUT2D eigenvalue weighted by Gasteiger charge is -2.32. The van der Waals surface area contributed by atoms with E-state index in [-0.39, 0.29) is 12.2 Å². The lowest BCUT2D eigenvalue weighted by Crippen LogP contribution is -2.47. The Kier molecular flexibility index (Phi) is 2.19. The monoisotopic (exact) mass is 225 g/mol. The van der Waals surface area contributed by atoms with E-state index in [1.165, 1.54) is 0 Å². The first-order chi connectivity index (χ1) is 7.89. The second-order valence-electron chi connectivity index (χ2n) is 3.74. The number of benzene rings is 1. The van der Waals surface area contributed by atoms with Crippen molar-refractivity contribution in [3.8, 4) is 0 Å². The molecule has 1 unspecified atom stereocenters. The van der Waals surface area contributed by atoms with Crippen molar-refractivity contribution in [2.75, 3.05) is 0 Å². The Labute approximate surface area is 97.2 Å². The van der Waals surface area contributed by atoms with Crippen LogP contribution >= 0.6 is 11.6 Å². The fourth-order valence-corrected chi connectivity index (χ4v) is 2.14. The van der Waals surface area contributed by atoms with Gasteiger partial charge in [-0.1, -0.05) is 36.2 Å². The smallest absolute Gasteiger partial charge is 0.157 e. The van der Waals surface area contributed by atoms with Crippen LogP contribution in [0.2, 0.25) is 5.02 Å². The minimum Gasteiger partial charge on any atom is -0.315 e. The number of rotatable bonds is 1. The summed E-state index contributed by atoms with van der Waals surface area (Å²) in [5.41, 5.74) is 4.86. The quantitative estimate of drug-likeness (QED) is 0.799. The number of carbonyl (C=O) groups excluding carboxylic acids is 1. The van der Waals surface area contributed by atoms with Crippen LogP contribution in [0.15, 0.2) is 24.3 Å². The summed E-state index contributed by atoms with van der Waals surface area (Å²) in [7, 11) is 0. The first kappa shape index (κ1) is 8.31. The van der Waals surface area contributed by atoms with Gasteiger partial charge in [-0.25, -0.2) is 0 Å². The molecule has 0 spiro atoms. The summed E-state index contributed by atoms with van der Waals surface area (Å²) >= 11 is 6.04. The molecule has 0 amide bonds. The van der Waals surface area contributed by atoms with Crippen molar-refractivity contribution in [1.82, 2.24) is 0 Å². The lowest BCUT2D eigenvalue weighted by atomic mass is 9.76. The molecule has 1 saturated carbocycles. The van der Waals surface area contributed by atoms with Gasteiger partial charge in [-0.2, -0.15) is 0 Å². The van der Waals surface area contributed by atoms with E-state index in [1.54, 1.807) is 24.3 Å². The Hall–Kier alpha value is -0.860. The third kappa shape index (κ3) is 1.80. The molecule has 0 radical (unpaired) electrons. The molecular formula is C12H14ClNO. The molecular weight excluding hydrogens is 210 g/mol. The molecule has 80 valence electrons. The third-order valence-electron chi connectivity index (χ3n) is 2.72. The van der Waals surface area contributed by atoms with Gasteiger partial charge in [-0.05, 0) is 24.4 Å². The van der Waals surface area contributed by atoms with Crippen LogP contribution in [-0.2, 0) is 10.3 Å². The number of hydrogen-bond donors (Lipinski definition) is 1. The molecule has 0 aromatic heterocycles. The Bertz CT molecular complexity index is 464. The molecule has 0 aliphatic heterocycles. The van der Waals surface area contributed by atoms with Crippen LogP contribution in [0.3, 0.4) is 0 Å². The highest BCUT2D eigenvalue weighted by Crippen LogP contribution is 2.35. The summed E-state index contributed by atoms with van der Waals surface area (Å²) in [6.07, 6.45) is -0.635. The summed E-state index contributed by atoms with van der Waals surface area (Å²) in [6.45, 7) is 0. The molecule has 1 aliphatic rings. The molecule has 2 nitrogen and oxygen atoms in total. The Morgan fingerprint density at radius 3 is 2.80 bits per heavy atom. The Balaban J connectivity index is 2.60. The molecule has 1 fully saturated rings. The summed E-state index contributed by atoms with van der Waals surface area (Å²) in [6, 6.07) is 6.71. The number of nitrogens with two attached hydrogens (primary N) is 1. The predicted octanol–water partition coefficient (Wildman–Crippen LogP) is 2.64. The van der Waals surface area contributed by atoms with Gasteiger partial charge in [0.2, 0.25) is 0 Å². The van der Waals surface area contributed by atoms with Gasteiger partial charge in [0.1, 0.15) is 5.54 Å². The van der Waals surface area contributed by atoms with Crippen LogP contribution in [-0.4, -0.2) is 5.78 Å². The van der Waals surface area contributed by atoms with Gasteiger partial charge in [0.25, 0.3) is 0 Å². The van der Waals surface area contributed by atoms with Crippen molar-refractivity contribution in [2.45, 2.75) is 31.2 Å². The second kappa shape index (κ2) is 3.95. The van der Waals surface area contributed by atoms with Crippen LogP contribution in [0, 0.1) is 0 Å². The molecule has 1 atom stereocenters. The van der Waals surface area contributed by atoms with Crippen molar-refractivity contribution in [3.63, 3.8) is 0 Å². The predicted molar refractivity (Wildman–Crippen MR) is 60.8 cm³/mol. The zero-order chi connectivity index (χ0) is 12.7. The van der Waals surface area contributed by atoms with Crippen molar-refractivity contribution >= 4 is 17.4 Å². The molecule has 2 rings (SSSR count). The second-order valence-corrected chi connectivity index (χ2v) is 4.15. The van der Waals surface area contributed by atoms with Crippen LogP contribution in [0.1, 0.15) is 33.9 Å². The SMILES string of the molecule is [2H]C1([2H])CCCC(=O)C1(N)c1ccccc1Cl. The van der Waals surface area contributed by atoms with E-state index >= 15 is 0 Å². The van der Waals surface area contributed by atoms with E-state index in [0.29, 0.717) is 23.4 Å². The maximum Gasteiger partial charge on any atom is 0.157 e. The van der Waals surface area contributed by atoms with Gasteiger partial charge in [-0.15, -0.1) is 0 Å². The fourth-order valence-electron chi connectivity index (χ4n) is 1.86. The molecule has 0 bridgehead atoms. The zero-order valence-corrected chi connectivity index (χ0v) is 9.05.